The monoisotopic (exact) mass is 224 g/mol. The zero-order chi connectivity index (χ0) is 11.8. The number of nitrogens with two attached hydrogens (primary N) is 1. The molecular weight excluding hydrogens is 200 g/mol. The van der Waals surface area contributed by atoms with Crippen LogP contribution in [0.3, 0.4) is 0 Å². The van der Waals surface area contributed by atoms with Crippen LogP contribution >= 0.6 is 0 Å². The molecule has 1 saturated carbocycles. The number of carbonyl (C=O) groups excluding carboxylic acids is 1. The maximum absolute atomic E-state index is 12.4. The molecule has 1 heterocycles. The number of nitrogens with zero attached hydrogens (tertiary/aromatic N) is 1. The van der Waals surface area contributed by atoms with Gasteiger partial charge in [0.05, 0.1) is 0 Å². The molecule has 0 aromatic rings. The molecule has 1 amide bonds. The van der Waals surface area contributed by atoms with Gasteiger partial charge >= 0.3 is 0 Å². The van der Waals surface area contributed by atoms with E-state index in [1.54, 1.807) is 0 Å². The molecule has 2 atom stereocenters. The fraction of sp³-hybridized carbons (Fsp3) is 0.923. The molecule has 3 nitrogen and oxygen atoms in total. The van der Waals surface area contributed by atoms with Gasteiger partial charge in [0.2, 0.25) is 5.91 Å². The summed E-state index contributed by atoms with van der Waals surface area (Å²) in [7, 11) is 0. The molecule has 0 spiro atoms. The van der Waals surface area contributed by atoms with E-state index in [2.05, 4.69) is 18.7 Å². The molecule has 0 aromatic heterocycles. The molecule has 0 aromatic carbocycles. The van der Waals surface area contributed by atoms with E-state index in [9.17, 15) is 4.79 Å². The molecule has 2 rings (SSSR count). The normalized spacial score (nSPS) is 33.3. The molecule has 92 valence electrons. The van der Waals surface area contributed by atoms with Crippen molar-refractivity contribution >= 4 is 5.91 Å². The van der Waals surface area contributed by atoms with E-state index in [4.69, 9.17) is 5.73 Å². The first-order chi connectivity index (χ1) is 7.53. The highest BCUT2D eigenvalue weighted by Crippen LogP contribution is 2.36. The van der Waals surface area contributed by atoms with Gasteiger partial charge in [-0.05, 0) is 37.1 Å². The number of likely N-dealkylation sites (tertiary alicyclic amines) is 1. The second-order valence-electron chi connectivity index (χ2n) is 6.21. The zero-order valence-electron chi connectivity index (χ0n) is 10.5. The second kappa shape index (κ2) is 4.36. The minimum atomic E-state index is 0.221. The first-order valence-corrected chi connectivity index (χ1v) is 6.52. The Morgan fingerprint density at radius 1 is 1.44 bits per heavy atom. The van der Waals surface area contributed by atoms with Gasteiger partial charge < -0.3 is 10.6 Å². The van der Waals surface area contributed by atoms with Gasteiger partial charge in [-0.25, -0.2) is 0 Å². The lowest BCUT2D eigenvalue weighted by Gasteiger charge is -2.25. The lowest BCUT2D eigenvalue weighted by molar-refractivity contribution is -0.135. The molecule has 1 aliphatic heterocycles. The van der Waals surface area contributed by atoms with Crippen molar-refractivity contribution in [1.29, 1.82) is 0 Å². The molecule has 3 heteroatoms. The van der Waals surface area contributed by atoms with E-state index in [0.717, 1.165) is 32.4 Å². The molecule has 0 radical (unpaired) electrons. The Labute approximate surface area is 98.4 Å². The first kappa shape index (κ1) is 11.9. The molecule has 16 heavy (non-hydrogen) atoms. The van der Waals surface area contributed by atoms with Crippen LogP contribution in [0.4, 0.5) is 0 Å². The zero-order valence-corrected chi connectivity index (χ0v) is 10.5. The summed E-state index contributed by atoms with van der Waals surface area (Å²) < 4.78 is 0. The second-order valence-corrected chi connectivity index (χ2v) is 6.21. The van der Waals surface area contributed by atoms with Crippen molar-refractivity contribution in [3.8, 4) is 0 Å². The number of carbonyl (C=O) groups is 1. The number of amides is 1. The highest BCUT2D eigenvalue weighted by molar-refractivity contribution is 5.79. The molecule has 2 fully saturated rings. The Balaban J connectivity index is 1.97. The van der Waals surface area contributed by atoms with Crippen LogP contribution in [0.25, 0.3) is 0 Å². The van der Waals surface area contributed by atoms with Crippen LogP contribution < -0.4 is 5.73 Å². The molecule has 1 aliphatic carbocycles. The van der Waals surface area contributed by atoms with Gasteiger partial charge in [-0.15, -0.1) is 0 Å². The van der Waals surface area contributed by atoms with Crippen molar-refractivity contribution < 1.29 is 4.79 Å². The van der Waals surface area contributed by atoms with E-state index < -0.39 is 0 Å². The average molecular weight is 224 g/mol. The lowest BCUT2D eigenvalue weighted by atomic mass is 9.92. The predicted molar refractivity (Wildman–Crippen MR) is 64.9 cm³/mol. The fourth-order valence-electron chi connectivity index (χ4n) is 3.18. The molecule has 0 bridgehead atoms. The highest BCUT2D eigenvalue weighted by atomic mass is 16.2. The van der Waals surface area contributed by atoms with Crippen molar-refractivity contribution in [3.63, 3.8) is 0 Å². The molecular formula is C13H24N2O. The number of rotatable bonds is 2. The Morgan fingerprint density at radius 3 is 2.75 bits per heavy atom. The van der Waals surface area contributed by atoms with Gasteiger partial charge in [0.1, 0.15) is 0 Å². The van der Waals surface area contributed by atoms with Crippen molar-refractivity contribution in [2.24, 2.45) is 23.0 Å². The minimum Gasteiger partial charge on any atom is -0.342 e. The van der Waals surface area contributed by atoms with Crippen LogP contribution in [-0.2, 0) is 4.79 Å². The van der Waals surface area contributed by atoms with E-state index in [-0.39, 0.29) is 5.92 Å². The summed E-state index contributed by atoms with van der Waals surface area (Å²) in [6.45, 7) is 7.04. The van der Waals surface area contributed by atoms with Gasteiger partial charge in [-0.1, -0.05) is 20.3 Å². The van der Waals surface area contributed by atoms with Gasteiger partial charge in [0.15, 0.2) is 0 Å². The van der Waals surface area contributed by atoms with E-state index >= 15 is 0 Å². The van der Waals surface area contributed by atoms with E-state index in [1.165, 1.54) is 6.42 Å². The number of hydrogen-bond donors (Lipinski definition) is 1. The third kappa shape index (κ3) is 2.24. The summed E-state index contributed by atoms with van der Waals surface area (Å²) >= 11 is 0. The van der Waals surface area contributed by atoms with Crippen molar-refractivity contribution in [3.05, 3.63) is 0 Å². The fourth-order valence-corrected chi connectivity index (χ4v) is 3.18. The first-order valence-electron chi connectivity index (χ1n) is 6.52. The van der Waals surface area contributed by atoms with Crippen molar-refractivity contribution in [2.45, 2.75) is 39.5 Å². The Bertz CT molecular complexity index is 275. The summed E-state index contributed by atoms with van der Waals surface area (Å²) in [6, 6.07) is 0. The van der Waals surface area contributed by atoms with Crippen LogP contribution in [0.15, 0.2) is 0 Å². The average Bonchev–Trinajstić information content (AvgIpc) is 2.82. The number of hydrogen-bond acceptors (Lipinski definition) is 2. The summed E-state index contributed by atoms with van der Waals surface area (Å²) in [5, 5.41) is 0. The van der Waals surface area contributed by atoms with Gasteiger partial charge in [-0.2, -0.15) is 0 Å². The van der Waals surface area contributed by atoms with Crippen LogP contribution in [0, 0.1) is 17.3 Å². The SMILES string of the molecule is CC1(C)CCN(C(=O)C2CCCC2CN)C1. The quantitative estimate of drug-likeness (QED) is 0.774. The van der Waals surface area contributed by atoms with Crippen LogP contribution in [0.1, 0.15) is 39.5 Å². The molecule has 2 N–H and O–H groups in total. The van der Waals surface area contributed by atoms with Gasteiger partial charge in [0.25, 0.3) is 0 Å². The lowest BCUT2D eigenvalue weighted by Crippen LogP contribution is -2.38. The minimum absolute atomic E-state index is 0.221. The van der Waals surface area contributed by atoms with E-state index in [1.807, 2.05) is 0 Å². The predicted octanol–water partition coefficient (Wildman–Crippen LogP) is 1.62. The Kier molecular flexibility index (Phi) is 3.24. The van der Waals surface area contributed by atoms with Crippen molar-refractivity contribution in [1.82, 2.24) is 4.90 Å². The van der Waals surface area contributed by atoms with Crippen molar-refractivity contribution in [2.75, 3.05) is 19.6 Å². The Hall–Kier alpha value is -0.570. The van der Waals surface area contributed by atoms with Crippen LogP contribution in [0.5, 0.6) is 0 Å². The van der Waals surface area contributed by atoms with Gasteiger partial charge in [0, 0.05) is 19.0 Å². The third-order valence-electron chi connectivity index (χ3n) is 4.27. The highest BCUT2D eigenvalue weighted by Gasteiger charge is 2.39. The summed E-state index contributed by atoms with van der Waals surface area (Å²) in [4.78, 5) is 14.4. The summed E-state index contributed by atoms with van der Waals surface area (Å²) in [6.07, 6.45) is 4.51. The van der Waals surface area contributed by atoms with Crippen LogP contribution in [-0.4, -0.2) is 30.4 Å². The maximum atomic E-state index is 12.4. The largest absolute Gasteiger partial charge is 0.342 e. The summed E-state index contributed by atoms with van der Waals surface area (Å²) in [5.74, 6) is 1.04. The molecule has 2 unspecified atom stereocenters. The topological polar surface area (TPSA) is 46.3 Å². The Morgan fingerprint density at radius 2 is 2.19 bits per heavy atom. The maximum Gasteiger partial charge on any atom is 0.226 e. The van der Waals surface area contributed by atoms with Crippen LogP contribution in [0.2, 0.25) is 0 Å². The third-order valence-corrected chi connectivity index (χ3v) is 4.27. The van der Waals surface area contributed by atoms with Gasteiger partial charge in [-0.3, -0.25) is 4.79 Å². The molecule has 1 saturated heterocycles. The summed E-state index contributed by atoms with van der Waals surface area (Å²) in [5.41, 5.74) is 6.06. The smallest absolute Gasteiger partial charge is 0.226 e. The van der Waals surface area contributed by atoms with E-state index in [0.29, 0.717) is 23.8 Å². The standard InChI is InChI=1S/C13H24N2O/c1-13(2)6-7-15(9-13)12(16)11-5-3-4-10(11)8-14/h10-11H,3-9,14H2,1-2H3. The molecule has 2 aliphatic rings.